The minimum Gasteiger partial charge on any atom is -0.481 e. The molecule has 0 aliphatic rings. The first kappa shape index (κ1) is 13.9. The quantitative estimate of drug-likeness (QED) is 0.806. The van der Waals surface area contributed by atoms with Crippen LogP contribution in [0.5, 0.6) is 5.88 Å². The predicted molar refractivity (Wildman–Crippen MR) is 64.4 cm³/mol. The third kappa shape index (κ3) is 4.32. The van der Waals surface area contributed by atoms with Crippen LogP contribution in [0.3, 0.4) is 0 Å². The molecule has 1 heterocycles. The summed E-state index contributed by atoms with van der Waals surface area (Å²) < 4.78 is 4.96. The average molecular weight is 229 g/mol. The Morgan fingerprint density at radius 3 is 2.67 bits per heavy atom. The van der Waals surface area contributed by atoms with E-state index in [0.29, 0.717) is 5.88 Å². The smallest absolute Gasteiger partial charge is 0.212 e. The summed E-state index contributed by atoms with van der Waals surface area (Å²) in [7, 11) is 1.59. The van der Waals surface area contributed by atoms with Crippen LogP contribution in [-0.4, -0.2) is 12.1 Å². The minimum atomic E-state index is -0.0223. The molecule has 1 aromatic heterocycles. The van der Waals surface area contributed by atoms with Gasteiger partial charge in [0.15, 0.2) is 0 Å². The lowest BCUT2D eigenvalue weighted by molar-refractivity contribution is 0.397. The van der Waals surface area contributed by atoms with Crippen molar-refractivity contribution < 1.29 is 4.74 Å². The zero-order valence-electron chi connectivity index (χ0n) is 9.06. The van der Waals surface area contributed by atoms with Gasteiger partial charge >= 0.3 is 0 Å². The molecule has 0 saturated heterocycles. The van der Waals surface area contributed by atoms with Gasteiger partial charge < -0.3 is 10.5 Å². The molecule has 0 fully saturated rings. The molecule has 0 bridgehead atoms. The zero-order chi connectivity index (χ0) is 10.6. The van der Waals surface area contributed by atoms with Crippen LogP contribution in [0.1, 0.15) is 24.9 Å². The van der Waals surface area contributed by atoms with Crippen molar-refractivity contribution in [1.82, 2.24) is 4.98 Å². The van der Waals surface area contributed by atoms with Crippen LogP contribution in [0.2, 0.25) is 0 Å². The van der Waals surface area contributed by atoms with Gasteiger partial charge in [-0.05, 0) is 18.9 Å². The molecule has 0 unspecified atom stereocenters. The van der Waals surface area contributed by atoms with Gasteiger partial charge in [-0.3, -0.25) is 0 Å². The number of aromatic nitrogens is 1. The molecule has 0 spiro atoms. The van der Waals surface area contributed by atoms with Crippen LogP contribution >= 0.6 is 12.4 Å². The molecule has 15 heavy (non-hydrogen) atoms. The maximum Gasteiger partial charge on any atom is 0.212 e. The molecule has 3 nitrogen and oxygen atoms in total. The average Bonchev–Trinajstić information content (AvgIpc) is 2.17. The van der Waals surface area contributed by atoms with Crippen molar-refractivity contribution in [2.24, 2.45) is 5.73 Å². The largest absolute Gasteiger partial charge is 0.481 e. The Kier molecular flexibility index (Phi) is 5.97. The SMILES string of the molecule is C=C(C)C[C@H](N)c1ccc(OC)nc1.Cl. The Bertz CT molecular complexity index is 311. The first-order valence-corrected chi connectivity index (χ1v) is 4.53. The lowest BCUT2D eigenvalue weighted by Crippen LogP contribution is -2.10. The molecule has 2 N–H and O–H groups in total. The van der Waals surface area contributed by atoms with E-state index in [1.54, 1.807) is 13.3 Å². The molecule has 0 saturated carbocycles. The number of pyridine rings is 1. The number of rotatable bonds is 4. The van der Waals surface area contributed by atoms with E-state index in [1.165, 1.54) is 0 Å². The highest BCUT2D eigenvalue weighted by Gasteiger charge is 2.06. The monoisotopic (exact) mass is 228 g/mol. The highest BCUT2D eigenvalue weighted by atomic mass is 35.5. The summed E-state index contributed by atoms with van der Waals surface area (Å²) in [6.45, 7) is 5.80. The maximum atomic E-state index is 5.95. The summed E-state index contributed by atoms with van der Waals surface area (Å²) in [5, 5.41) is 0. The fourth-order valence-corrected chi connectivity index (χ4v) is 1.23. The lowest BCUT2D eigenvalue weighted by Gasteiger charge is -2.11. The van der Waals surface area contributed by atoms with Crippen molar-refractivity contribution in [3.8, 4) is 5.88 Å². The summed E-state index contributed by atoms with van der Waals surface area (Å²) in [4.78, 5) is 4.09. The second kappa shape index (κ2) is 6.43. The number of methoxy groups -OCH3 is 1. The van der Waals surface area contributed by atoms with Gasteiger partial charge in [0.05, 0.1) is 7.11 Å². The Labute approximate surface area is 96.8 Å². The van der Waals surface area contributed by atoms with Crippen molar-refractivity contribution in [1.29, 1.82) is 0 Å². The Hall–Kier alpha value is -1.06. The van der Waals surface area contributed by atoms with Gasteiger partial charge in [0.25, 0.3) is 0 Å². The Morgan fingerprint density at radius 1 is 1.60 bits per heavy atom. The second-order valence-corrected chi connectivity index (χ2v) is 3.40. The molecule has 84 valence electrons. The van der Waals surface area contributed by atoms with E-state index < -0.39 is 0 Å². The van der Waals surface area contributed by atoms with Crippen LogP contribution in [0, 0.1) is 0 Å². The van der Waals surface area contributed by atoms with E-state index in [0.717, 1.165) is 17.6 Å². The predicted octanol–water partition coefficient (Wildman–Crippen LogP) is 2.48. The zero-order valence-corrected chi connectivity index (χ0v) is 9.88. The van der Waals surface area contributed by atoms with Gasteiger partial charge in [0.1, 0.15) is 0 Å². The fourth-order valence-electron chi connectivity index (χ4n) is 1.23. The first-order valence-electron chi connectivity index (χ1n) is 4.53. The van der Waals surface area contributed by atoms with Gasteiger partial charge in [0, 0.05) is 18.3 Å². The van der Waals surface area contributed by atoms with Gasteiger partial charge in [-0.25, -0.2) is 4.98 Å². The normalized spacial score (nSPS) is 11.4. The molecular weight excluding hydrogens is 212 g/mol. The van der Waals surface area contributed by atoms with Gasteiger partial charge in [0.2, 0.25) is 5.88 Å². The second-order valence-electron chi connectivity index (χ2n) is 3.40. The molecule has 0 aromatic carbocycles. The van der Waals surface area contributed by atoms with Crippen LogP contribution in [-0.2, 0) is 0 Å². The summed E-state index contributed by atoms with van der Waals surface area (Å²) in [5.41, 5.74) is 8.03. The number of nitrogens with two attached hydrogens (primary N) is 1. The molecule has 0 aliphatic carbocycles. The van der Waals surface area contributed by atoms with E-state index in [-0.39, 0.29) is 18.4 Å². The van der Waals surface area contributed by atoms with Crippen LogP contribution < -0.4 is 10.5 Å². The Balaban J connectivity index is 0.00000196. The topological polar surface area (TPSA) is 48.1 Å². The van der Waals surface area contributed by atoms with Crippen molar-refractivity contribution in [3.63, 3.8) is 0 Å². The van der Waals surface area contributed by atoms with Crippen LogP contribution in [0.25, 0.3) is 0 Å². The van der Waals surface area contributed by atoms with E-state index in [4.69, 9.17) is 10.5 Å². The van der Waals surface area contributed by atoms with Gasteiger partial charge in [-0.1, -0.05) is 11.6 Å². The van der Waals surface area contributed by atoms with E-state index in [2.05, 4.69) is 11.6 Å². The number of ether oxygens (including phenoxy) is 1. The molecule has 1 aromatic rings. The highest BCUT2D eigenvalue weighted by molar-refractivity contribution is 5.85. The third-order valence-electron chi connectivity index (χ3n) is 1.96. The molecular formula is C11H17ClN2O. The van der Waals surface area contributed by atoms with Crippen molar-refractivity contribution in [3.05, 3.63) is 36.0 Å². The Morgan fingerprint density at radius 2 is 2.27 bits per heavy atom. The maximum absolute atomic E-state index is 5.95. The fraction of sp³-hybridized carbons (Fsp3) is 0.364. The van der Waals surface area contributed by atoms with Crippen molar-refractivity contribution >= 4 is 12.4 Å². The molecule has 1 rings (SSSR count). The summed E-state index contributed by atoms with van der Waals surface area (Å²) >= 11 is 0. The summed E-state index contributed by atoms with van der Waals surface area (Å²) in [6, 6.07) is 3.72. The molecule has 4 heteroatoms. The van der Waals surface area contributed by atoms with E-state index in [9.17, 15) is 0 Å². The lowest BCUT2D eigenvalue weighted by atomic mass is 10.0. The number of halogens is 1. The van der Waals surface area contributed by atoms with E-state index in [1.807, 2.05) is 19.1 Å². The van der Waals surface area contributed by atoms with Crippen LogP contribution in [0.15, 0.2) is 30.5 Å². The number of hydrogen-bond donors (Lipinski definition) is 1. The summed E-state index contributed by atoms with van der Waals surface area (Å²) in [6.07, 6.45) is 2.53. The van der Waals surface area contributed by atoms with Gasteiger partial charge in [-0.2, -0.15) is 0 Å². The third-order valence-corrected chi connectivity index (χ3v) is 1.96. The van der Waals surface area contributed by atoms with E-state index >= 15 is 0 Å². The van der Waals surface area contributed by atoms with Crippen LogP contribution in [0.4, 0.5) is 0 Å². The standard InChI is InChI=1S/C11H16N2O.ClH/c1-8(2)6-10(12)9-4-5-11(14-3)13-7-9;/h4-5,7,10H,1,6,12H2,2-3H3;1H/t10-;/m0./s1. The molecule has 0 radical (unpaired) electrons. The number of nitrogens with zero attached hydrogens (tertiary/aromatic N) is 1. The van der Waals surface area contributed by atoms with Crippen molar-refractivity contribution in [2.75, 3.05) is 7.11 Å². The molecule has 0 amide bonds. The highest BCUT2D eigenvalue weighted by Crippen LogP contribution is 2.18. The molecule has 1 atom stereocenters. The summed E-state index contributed by atoms with van der Waals surface area (Å²) in [5.74, 6) is 0.608. The minimum absolute atomic E-state index is 0. The first-order chi connectivity index (χ1) is 6.63. The van der Waals surface area contributed by atoms with Crippen molar-refractivity contribution in [2.45, 2.75) is 19.4 Å². The molecule has 0 aliphatic heterocycles. The van der Waals surface area contributed by atoms with Gasteiger partial charge in [-0.15, -0.1) is 19.0 Å². The number of hydrogen-bond acceptors (Lipinski definition) is 3.